The number of ether oxygens (including phenoxy) is 1. The summed E-state index contributed by atoms with van der Waals surface area (Å²) in [5, 5.41) is 3.18. The molecule has 0 heterocycles. The monoisotopic (exact) mass is 371 g/mol. The Hall–Kier alpha value is -1.14. The van der Waals surface area contributed by atoms with Gasteiger partial charge in [-0.3, -0.25) is 0 Å². The molecule has 0 aliphatic heterocycles. The molecule has 0 atom stereocenters. The molecule has 0 unspecified atom stereocenters. The van der Waals surface area contributed by atoms with Crippen molar-refractivity contribution in [2.75, 3.05) is 6.54 Å². The van der Waals surface area contributed by atoms with Gasteiger partial charge in [0.05, 0.1) is 3.57 Å². The topological polar surface area (TPSA) is 21.3 Å². The van der Waals surface area contributed by atoms with Crippen molar-refractivity contribution in [3.05, 3.63) is 57.4 Å². The zero-order valence-electron chi connectivity index (χ0n) is 10.6. The van der Waals surface area contributed by atoms with E-state index < -0.39 is 0 Å². The standard InChI is InChI=1S/C15H15FINO/c1-2-18-10-11-6-5-7-12(16)15(11)19-14-9-4-3-8-13(14)17/h3-9,18H,2,10H2,1H3. The van der Waals surface area contributed by atoms with Gasteiger partial charge >= 0.3 is 0 Å². The molecule has 1 N–H and O–H groups in total. The first-order valence-electron chi connectivity index (χ1n) is 6.13. The van der Waals surface area contributed by atoms with Crippen LogP contribution in [0.3, 0.4) is 0 Å². The van der Waals surface area contributed by atoms with Gasteiger partial charge < -0.3 is 10.1 Å². The van der Waals surface area contributed by atoms with E-state index >= 15 is 0 Å². The average molecular weight is 371 g/mol. The third-order valence-corrected chi connectivity index (χ3v) is 3.55. The molecule has 0 aliphatic carbocycles. The Bertz CT molecular complexity index is 560. The second kappa shape index (κ2) is 6.86. The van der Waals surface area contributed by atoms with Crippen molar-refractivity contribution < 1.29 is 9.13 Å². The number of para-hydroxylation sites is 2. The second-order valence-corrected chi connectivity index (χ2v) is 5.20. The number of halogens is 2. The van der Waals surface area contributed by atoms with Crippen LogP contribution in [0.1, 0.15) is 12.5 Å². The van der Waals surface area contributed by atoms with Crippen LogP contribution in [0.25, 0.3) is 0 Å². The second-order valence-electron chi connectivity index (χ2n) is 4.04. The zero-order valence-corrected chi connectivity index (χ0v) is 12.8. The Morgan fingerprint density at radius 3 is 2.68 bits per heavy atom. The van der Waals surface area contributed by atoms with E-state index in [2.05, 4.69) is 27.9 Å². The van der Waals surface area contributed by atoms with Crippen LogP contribution >= 0.6 is 22.6 Å². The van der Waals surface area contributed by atoms with Crippen LogP contribution < -0.4 is 10.1 Å². The molecule has 100 valence electrons. The van der Waals surface area contributed by atoms with Gasteiger partial charge in [-0.25, -0.2) is 4.39 Å². The lowest BCUT2D eigenvalue weighted by atomic mass is 10.2. The van der Waals surface area contributed by atoms with E-state index in [9.17, 15) is 4.39 Å². The van der Waals surface area contributed by atoms with Crippen molar-refractivity contribution in [2.24, 2.45) is 0 Å². The molecular weight excluding hydrogens is 356 g/mol. The average Bonchev–Trinajstić information content (AvgIpc) is 2.41. The summed E-state index contributed by atoms with van der Waals surface area (Å²) in [6, 6.07) is 12.6. The summed E-state index contributed by atoms with van der Waals surface area (Å²) in [7, 11) is 0. The van der Waals surface area contributed by atoms with Crippen LogP contribution in [0, 0.1) is 9.39 Å². The molecule has 0 radical (unpaired) electrons. The van der Waals surface area contributed by atoms with Crippen molar-refractivity contribution >= 4 is 22.6 Å². The van der Waals surface area contributed by atoms with Gasteiger partial charge in [-0.15, -0.1) is 0 Å². The van der Waals surface area contributed by atoms with Gasteiger partial charge in [-0.2, -0.15) is 0 Å². The molecule has 0 saturated carbocycles. The van der Waals surface area contributed by atoms with Gasteiger partial charge in [0.1, 0.15) is 5.75 Å². The molecule has 0 saturated heterocycles. The molecule has 0 amide bonds. The van der Waals surface area contributed by atoms with E-state index in [1.807, 2.05) is 37.3 Å². The predicted octanol–water partition coefficient (Wildman–Crippen LogP) is 4.33. The van der Waals surface area contributed by atoms with Gasteiger partial charge in [0, 0.05) is 12.1 Å². The van der Waals surface area contributed by atoms with Gasteiger partial charge in [-0.05, 0) is 47.3 Å². The Labute approximate surface area is 126 Å². The van der Waals surface area contributed by atoms with E-state index in [1.54, 1.807) is 6.07 Å². The lowest BCUT2D eigenvalue weighted by Gasteiger charge is -2.13. The summed E-state index contributed by atoms with van der Waals surface area (Å²) < 4.78 is 20.6. The summed E-state index contributed by atoms with van der Waals surface area (Å²) >= 11 is 2.18. The maximum Gasteiger partial charge on any atom is 0.167 e. The lowest BCUT2D eigenvalue weighted by Crippen LogP contribution is -2.12. The molecule has 2 rings (SSSR count). The fraction of sp³-hybridized carbons (Fsp3) is 0.200. The largest absolute Gasteiger partial charge is 0.453 e. The highest BCUT2D eigenvalue weighted by Gasteiger charge is 2.11. The number of nitrogens with one attached hydrogen (secondary N) is 1. The van der Waals surface area contributed by atoms with Crippen LogP contribution in [0.4, 0.5) is 4.39 Å². The minimum absolute atomic E-state index is 0.299. The summed E-state index contributed by atoms with van der Waals surface area (Å²) in [5.74, 6) is 0.633. The summed E-state index contributed by atoms with van der Waals surface area (Å²) in [5.41, 5.74) is 0.821. The van der Waals surface area contributed by atoms with E-state index in [4.69, 9.17) is 4.74 Å². The molecule has 2 aromatic rings. The summed E-state index contributed by atoms with van der Waals surface area (Å²) in [6.45, 7) is 3.44. The van der Waals surface area contributed by atoms with Gasteiger partial charge in [0.25, 0.3) is 0 Å². The number of rotatable bonds is 5. The van der Waals surface area contributed by atoms with Gasteiger partial charge in [0.15, 0.2) is 11.6 Å². The molecule has 19 heavy (non-hydrogen) atoms. The van der Waals surface area contributed by atoms with E-state index in [0.29, 0.717) is 18.0 Å². The Kier molecular flexibility index (Phi) is 5.15. The summed E-state index contributed by atoms with van der Waals surface area (Å²) in [4.78, 5) is 0. The minimum Gasteiger partial charge on any atom is -0.453 e. The maximum absolute atomic E-state index is 13.9. The molecule has 0 fully saturated rings. The SMILES string of the molecule is CCNCc1cccc(F)c1Oc1ccccc1I. The predicted molar refractivity (Wildman–Crippen MR) is 83.0 cm³/mol. The highest BCUT2D eigenvalue weighted by molar-refractivity contribution is 14.1. The molecular formula is C15H15FINO. The van der Waals surface area contributed by atoms with Crippen LogP contribution in [0.5, 0.6) is 11.5 Å². The maximum atomic E-state index is 13.9. The molecule has 0 aromatic heterocycles. The normalized spacial score (nSPS) is 10.5. The molecule has 0 bridgehead atoms. The van der Waals surface area contributed by atoms with Crippen LogP contribution in [-0.2, 0) is 6.54 Å². The van der Waals surface area contributed by atoms with Gasteiger partial charge in [-0.1, -0.05) is 31.2 Å². The first-order valence-corrected chi connectivity index (χ1v) is 7.20. The van der Waals surface area contributed by atoms with Crippen LogP contribution in [-0.4, -0.2) is 6.54 Å². The Morgan fingerprint density at radius 1 is 1.16 bits per heavy atom. The number of benzene rings is 2. The van der Waals surface area contributed by atoms with Crippen molar-refractivity contribution in [1.29, 1.82) is 0 Å². The first-order chi connectivity index (χ1) is 9.22. The first kappa shape index (κ1) is 14.3. The molecule has 0 spiro atoms. The van der Waals surface area contributed by atoms with Crippen molar-refractivity contribution in [1.82, 2.24) is 5.32 Å². The summed E-state index contributed by atoms with van der Waals surface area (Å²) in [6.07, 6.45) is 0. The zero-order chi connectivity index (χ0) is 13.7. The molecule has 4 heteroatoms. The van der Waals surface area contributed by atoms with Crippen LogP contribution in [0.15, 0.2) is 42.5 Å². The lowest BCUT2D eigenvalue weighted by molar-refractivity contribution is 0.431. The van der Waals surface area contributed by atoms with E-state index in [-0.39, 0.29) is 5.82 Å². The Balaban J connectivity index is 2.31. The third kappa shape index (κ3) is 3.67. The fourth-order valence-corrected chi connectivity index (χ4v) is 2.20. The third-order valence-electron chi connectivity index (χ3n) is 2.66. The highest BCUT2D eigenvalue weighted by atomic mass is 127. The van der Waals surface area contributed by atoms with E-state index in [0.717, 1.165) is 15.7 Å². The van der Waals surface area contributed by atoms with Crippen molar-refractivity contribution in [3.8, 4) is 11.5 Å². The van der Waals surface area contributed by atoms with Gasteiger partial charge in [0.2, 0.25) is 0 Å². The Morgan fingerprint density at radius 2 is 1.95 bits per heavy atom. The number of hydrogen-bond donors (Lipinski definition) is 1. The quantitative estimate of drug-likeness (QED) is 0.790. The molecule has 2 nitrogen and oxygen atoms in total. The smallest absolute Gasteiger partial charge is 0.167 e. The minimum atomic E-state index is -0.338. The molecule has 2 aromatic carbocycles. The highest BCUT2D eigenvalue weighted by Crippen LogP contribution is 2.31. The van der Waals surface area contributed by atoms with Crippen molar-refractivity contribution in [2.45, 2.75) is 13.5 Å². The molecule has 0 aliphatic rings. The number of hydrogen-bond acceptors (Lipinski definition) is 2. The van der Waals surface area contributed by atoms with Crippen LogP contribution in [0.2, 0.25) is 0 Å². The van der Waals surface area contributed by atoms with E-state index in [1.165, 1.54) is 6.07 Å². The van der Waals surface area contributed by atoms with Crippen molar-refractivity contribution in [3.63, 3.8) is 0 Å². The fourth-order valence-electron chi connectivity index (χ4n) is 1.70.